The fourth-order valence-electron chi connectivity index (χ4n) is 3.05. The van der Waals surface area contributed by atoms with E-state index in [2.05, 4.69) is 9.97 Å². The minimum atomic E-state index is -3.65. The summed E-state index contributed by atoms with van der Waals surface area (Å²) >= 11 is 0. The van der Waals surface area contributed by atoms with Crippen molar-refractivity contribution in [2.24, 2.45) is 0 Å². The summed E-state index contributed by atoms with van der Waals surface area (Å²) in [6, 6.07) is 5.49. The van der Waals surface area contributed by atoms with E-state index in [-0.39, 0.29) is 49.3 Å². The predicted octanol–water partition coefficient (Wildman–Crippen LogP) is -0.482. The van der Waals surface area contributed by atoms with E-state index in [4.69, 9.17) is 5.11 Å². The minimum absolute atomic E-state index is 0. The Morgan fingerprint density at radius 3 is 2.29 bits per heavy atom. The fourth-order valence-corrected chi connectivity index (χ4v) is 3.42. The van der Waals surface area contributed by atoms with Crippen molar-refractivity contribution in [3.8, 4) is 11.3 Å². The smallest absolute Gasteiger partial charge is 1.00 e. The van der Waals surface area contributed by atoms with Crippen LogP contribution in [-0.2, 0) is 14.8 Å². The predicted molar refractivity (Wildman–Crippen MR) is 124 cm³/mol. The maximum atomic E-state index is 13.5. The summed E-state index contributed by atoms with van der Waals surface area (Å²) < 4.78 is 38.6. The van der Waals surface area contributed by atoms with Crippen molar-refractivity contribution in [2.45, 2.75) is 44.8 Å². The second-order valence-corrected chi connectivity index (χ2v) is 9.99. The molecule has 2 aromatic rings. The second kappa shape index (κ2) is 12.7. The SMILES string of the molecule is CC(C)c1nc(N(C)S(C)(=O)=O)nc(-c2ccc(F)cc2)c1/C=C/[C@@H](O)C[C@@H](O)CC(=O)O.[H-].[Na+]. The van der Waals surface area contributed by atoms with Gasteiger partial charge in [0.15, 0.2) is 0 Å². The summed E-state index contributed by atoms with van der Waals surface area (Å²) in [6.07, 6.45) is 0.860. The molecule has 0 radical (unpaired) electrons. The molecule has 2 atom stereocenters. The first-order chi connectivity index (χ1) is 15.3. The Morgan fingerprint density at radius 2 is 1.79 bits per heavy atom. The van der Waals surface area contributed by atoms with E-state index >= 15 is 0 Å². The molecule has 1 aromatic carbocycles. The molecule has 0 bridgehead atoms. The van der Waals surface area contributed by atoms with Gasteiger partial charge in [-0.3, -0.25) is 4.79 Å². The van der Waals surface area contributed by atoms with Crippen LogP contribution in [0.2, 0.25) is 0 Å². The van der Waals surface area contributed by atoms with Gasteiger partial charge in [-0.1, -0.05) is 26.0 Å². The third kappa shape index (κ3) is 8.40. The van der Waals surface area contributed by atoms with Gasteiger partial charge in [-0.05, 0) is 30.2 Å². The number of carboxylic acids is 1. The van der Waals surface area contributed by atoms with E-state index in [9.17, 15) is 27.8 Å². The van der Waals surface area contributed by atoms with Crippen LogP contribution in [0.15, 0.2) is 30.3 Å². The van der Waals surface area contributed by atoms with Crippen molar-refractivity contribution in [3.63, 3.8) is 0 Å². The van der Waals surface area contributed by atoms with E-state index < -0.39 is 40.4 Å². The molecule has 0 fully saturated rings. The number of hydrogen-bond acceptors (Lipinski definition) is 7. The van der Waals surface area contributed by atoms with Crippen LogP contribution in [0.1, 0.15) is 45.3 Å². The van der Waals surface area contributed by atoms with Crippen molar-refractivity contribution in [1.29, 1.82) is 0 Å². The van der Waals surface area contributed by atoms with Gasteiger partial charge in [0.2, 0.25) is 16.0 Å². The zero-order valence-electron chi connectivity index (χ0n) is 20.8. The average molecular weight is 506 g/mol. The van der Waals surface area contributed by atoms with Crippen LogP contribution in [0.3, 0.4) is 0 Å². The number of nitrogens with zero attached hydrogens (tertiary/aromatic N) is 3. The monoisotopic (exact) mass is 505 g/mol. The van der Waals surface area contributed by atoms with Gasteiger partial charge in [0.1, 0.15) is 5.82 Å². The van der Waals surface area contributed by atoms with Crippen LogP contribution in [0, 0.1) is 5.82 Å². The molecule has 0 aliphatic heterocycles. The van der Waals surface area contributed by atoms with Crippen LogP contribution in [0.4, 0.5) is 10.3 Å². The number of anilines is 1. The fraction of sp³-hybridized carbons (Fsp3) is 0.409. The molecule has 12 heteroatoms. The molecule has 0 spiro atoms. The summed E-state index contributed by atoms with van der Waals surface area (Å²) in [6.45, 7) is 3.71. The molecule has 2 rings (SSSR count). The van der Waals surface area contributed by atoms with Crippen molar-refractivity contribution < 1.29 is 63.9 Å². The van der Waals surface area contributed by atoms with Crippen molar-refractivity contribution in [2.75, 3.05) is 17.6 Å². The van der Waals surface area contributed by atoms with Crippen molar-refractivity contribution in [1.82, 2.24) is 9.97 Å². The number of hydrogen-bond donors (Lipinski definition) is 3. The molecule has 1 heterocycles. The summed E-state index contributed by atoms with van der Waals surface area (Å²) in [4.78, 5) is 19.6. The summed E-state index contributed by atoms with van der Waals surface area (Å²) in [7, 11) is -2.33. The quantitative estimate of drug-likeness (QED) is 0.368. The molecular formula is C22H29FN3NaO6S. The molecule has 0 amide bonds. The third-order valence-corrected chi connectivity index (χ3v) is 5.97. The number of carbonyl (C=O) groups is 1. The Labute approximate surface area is 222 Å². The molecule has 0 saturated carbocycles. The first kappa shape index (κ1) is 30.1. The largest absolute Gasteiger partial charge is 1.00 e. The third-order valence-electron chi connectivity index (χ3n) is 4.82. The molecule has 0 aliphatic carbocycles. The van der Waals surface area contributed by atoms with E-state index in [1.165, 1.54) is 43.5 Å². The summed E-state index contributed by atoms with van der Waals surface area (Å²) in [5.74, 6) is -1.87. The Balaban J connectivity index is 0.00000578. The van der Waals surface area contributed by atoms with Gasteiger partial charge in [-0.15, -0.1) is 0 Å². The number of aliphatic hydroxyl groups excluding tert-OH is 2. The molecule has 0 aliphatic rings. The zero-order chi connectivity index (χ0) is 24.9. The Kier molecular flexibility index (Phi) is 11.3. The van der Waals surface area contributed by atoms with E-state index in [1.54, 1.807) is 0 Å². The normalized spacial score (nSPS) is 13.5. The Bertz CT molecular complexity index is 1130. The number of aliphatic carboxylic acids is 1. The van der Waals surface area contributed by atoms with Gasteiger partial charge in [0, 0.05) is 24.6 Å². The van der Waals surface area contributed by atoms with E-state index in [0.717, 1.165) is 10.6 Å². The molecular weight excluding hydrogens is 476 g/mol. The number of halogens is 1. The van der Waals surface area contributed by atoms with Crippen LogP contribution < -0.4 is 33.9 Å². The topological polar surface area (TPSA) is 141 Å². The number of aromatic nitrogens is 2. The Morgan fingerprint density at radius 1 is 1.21 bits per heavy atom. The van der Waals surface area contributed by atoms with Crippen LogP contribution in [0.25, 0.3) is 17.3 Å². The number of carboxylic acid groups (broad SMARTS) is 1. The first-order valence-corrected chi connectivity index (χ1v) is 12.0. The number of sulfonamides is 1. The van der Waals surface area contributed by atoms with Crippen molar-refractivity contribution in [3.05, 3.63) is 47.4 Å². The number of rotatable bonds is 10. The van der Waals surface area contributed by atoms with Crippen molar-refractivity contribution >= 4 is 28.0 Å². The standard InChI is InChI=1S/C22H28FN3O6S.Na.H/c1-13(2)20-18(10-9-16(27)11-17(28)12-19(29)30)21(14-5-7-15(23)8-6-14)25-22(24-20)26(3)33(4,31)32;;/h5-10,13,16-17,27-28H,11-12H2,1-4H3,(H,29,30);;/q;+1;-1/b10-9+;;/t16-,17-;;/m1../s1. The summed E-state index contributed by atoms with van der Waals surface area (Å²) in [5.41, 5.74) is 1.80. The van der Waals surface area contributed by atoms with Gasteiger partial charge in [-0.25, -0.2) is 27.1 Å². The molecule has 9 nitrogen and oxygen atoms in total. The molecule has 0 saturated heterocycles. The second-order valence-electron chi connectivity index (χ2n) is 7.98. The van der Waals surface area contributed by atoms with Gasteiger partial charge < -0.3 is 16.7 Å². The van der Waals surface area contributed by atoms with E-state index in [0.29, 0.717) is 22.5 Å². The molecule has 1 aromatic heterocycles. The number of benzene rings is 1. The summed E-state index contributed by atoms with van der Waals surface area (Å²) in [5, 5.41) is 28.8. The maximum absolute atomic E-state index is 13.5. The molecule has 0 unspecified atom stereocenters. The zero-order valence-corrected chi connectivity index (χ0v) is 22.6. The minimum Gasteiger partial charge on any atom is -1.00 e. The molecule has 34 heavy (non-hydrogen) atoms. The van der Waals surface area contributed by atoms with Gasteiger partial charge >= 0.3 is 35.5 Å². The molecule has 182 valence electrons. The number of aliphatic hydroxyl groups is 2. The van der Waals surface area contributed by atoms with Gasteiger partial charge in [0.25, 0.3) is 0 Å². The van der Waals surface area contributed by atoms with Crippen LogP contribution in [-0.4, -0.2) is 65.2 Å². The van der Waals surface area contributed by atoms with E-state index in [1.807, 2.05) is 13.8 Å². The average Bonchev–Trinajstić information content (AvgIpc) is 2.70. The first-order valence-electron chi connectivity index (χ1n) is 10.2. The van der Waals surface area contributed by atoms with Gasteiger partial charge in [0.05, 0.1) is 36.3 Å². The molecule has 3 N–H and O–H groups in total. The Hall–Kier alpha value is -1.89. The van der Waals surface area contributed by atoms with Gasteiger partial charge in [-0.2, -0.15) is 0 Å². The maximum Gasteiger partial charge on any atom is 1.00 e. The van der Waals surface area contributed by atoms with Crippen LogP contribution in [0.5, 0.6) is 0 Å². The van der Waals surface area contributed by atoms with Crippen LogP contribution >= 0.6 is 0 Å².